The second kappa shape index (κ2) is 3.66. The number of alkyl halides is 3. The first-order valence-corrected chi connectivity index (χ1v) is 4.61. The van der Waals surface area contributed by atoms with Gasteiger partial charge in [0.25, 0.3) is 0 Å². The Balaban J connectivity index is 2.53. The van der Waals surface area contributed by atoms with E-state index in [0.29, 0.717) is 22.8 Å². The van der Waals surface area contributed by atoms with Gasteiger partial charge in [0.15, 0.2) is 6.29 Å². The van der Waals surface area contributed by atoms with Crippen LogP contribution in [0.5, 0.6) is 0 Å². The van der Waals surface area contributed by atoms with Crippen molar-refractivity contribution in [2.24, 2.45) is 0 Å². The van der Waals surface area contributed by atoms with E-state index < -0.39 is 12.7 Å². The molecule has 0 saturated heterocycles. The van der Waals surface area contributed by atoms with Gasteiger partial charge in [-0.15, -0.1) is 0 Å². The summed E-state index contributed by atoms with van der Waals surface area (Å²) in [6.45, 7) is -1.04. The van der Waals surface area contributed by atoms with E-state index in [9.17, 15) is 18.0 Å². The summed E-state index contributed by atoms with van der Waals surface area (Å²) in [5.74, 6) is 0. The normalized spacial score (nSPS) is 11.9. The highest BCUT2D eigenvalue weighted by Gasteiger charge is 2.28. The fraction of sp³-hybridized carbons (Fsp3) is 0.182. The number of aldehydes is 1. The van der Waals surface area contributed by atoms with Crippen LogP contribution >= 0.6 is 0 Å². The van der Waals surface area contributed by atoms with Crippen LogP contribution in [0.2, 0.25) is 0 Å². The molecule has 0 N–H and O–H groups in total. The van der Waals surface area contributed by atoms with E-state index in [1.807, 2.05) is 0 Å². The van der Waals surface area contributed by atoms with Crippen LogP contribution in [0.15, 0.2) is 30.5 Å². The highest BCUT2D eigenvalue weighted by molar-refractivity contribution is 5.97. The third-order valence-corrected chi connectivity index (χ3v) is 2.32. The minimum absolute atomic E-state index is 0.401. The van der Waals surface area contributed by atoms with Crippen LogP contribution in [-0.4, -0.2) is 17.0 Å². The van der Waals surface area contributed by atoms with Crippen molar-refractivity contribution >= 4 is 17.2 Å². The quantitative estimate of drug-likeness (QED) is 0.723. The Morgan fingerprint density at radius 1 is 1.25 bits per heavy atom. The third-order valence-electron chi connectivity index (χ3n) is 2.32. The summed E-state index contributed by atoms with van der Waals surface area (Å²) in [4.78, 5) is 10.7. The molecule has 2 rings (SSSR count). The smallest absolute Gasteiger partial charge is 0.338 e. The second-order valence-electron chi connectivity index (χ2n) is 3.46. The highest BCUT2D eigenvalue weighted by Crippen LogP contribution is 2.24. The molecule has 0 aliphatic carbocycles. The Bertz CT molecular complexity index is 527. The van der Waals surface area contributed by atoms with Crippen molar-refractivity contribution in [1.82, 2.24) is 4.57 Å². The van der Waals surface area contributed by atoms with Crippen LogP contribution in [-0.2, 0) is 6.54 Å². The molecule has 84 valence electrons. The molecule has 1 aromatic carbocycles. The first-order chi connectivity index (χ1) is 7.51. The standard InChI is InChI=1S/C11H8F3NO/c12-11(13,14)7-15-5-4-9-8(6-16)2-1-3-10(9)15/h1-6H,7H2. The van der Waals surface area contributed by atoms with Gasteiger partial charge in [-0.3, -0.25) is 4.79 Å². The summed E-state index contributed by atoms with van der Waals surface area (Å²) in [6.07, 6.45) is -2.28. The Morgan fingerprint density at radius 3 is 2.62 bits per heavy atom. The van der Waals surface area contributed by atoms with Gasteiger partial charge in [0, 0.05) is 22.7 Å². The Morgan fingerprint density at radius 2 is 2.00 bits per heavy atom. The number of aromatic nitrogens is 1. The number of hydrogen-bond acceptors (Lipinski definition) is 1. The van der Waals surface area contributed by atoms with Gasteiger partial charge in [0.2, 0.25) is 0 Å². The van der Waals surface area contributed by atoms with Crippen molar-refractivity contribution in [1.29, 1.82) is 0 Å². The van der Waals surface area contributed by atoms with Crippen molar-refractivity contribution in [2.45, 2.75) is 12.7 Å². The summed E-state index contributed by atoms with van der Waals surface area (Å²) in [5.41, 5.74) is 0.820. The maximum Gasteiger partial charge on any atom is 0.406 e. The first-order valence-electron chi connectivity index (χ1n) is 4.61. The fourth-order valence-electron chi connectivity index (χ4n) is 1.68. The molecule has 0 bridgehead atoms. The molecule has 0 aliphatic heterocycles. The van der Waals surface area contributed by atoms with E-state index in [2.05, 4.69) is 0 Å². The molecule has 0 spiro atoms. The van der Waals surface area contributed by atoms with Gasteiger partial charge in [-0.05, 0) is 12.1 Å². The van der Waals surface area contributed by atoms with Crippen LogP contribution in [0, 0.1) is 0 Å². The molecule has 0 atom stereocenters. The molecule has 0 unspecified atom stereocenters. The molecule has 1 aromatic heterocycles. The lowest BCUT2D eigenvalue weighted by Gasteiger charge is -2.08. The molecule has 0 aliphatic rings. The molecule has 0 radical (unpaired) electrons. The van der Waals surface area contributed by atoms with Gasteiger partial charge in [-0.1, -0.05) is 12.1 Å². The zero-order valence-electron chi connectivity index (χ0n) is 8.16. The monoisotopic (exact) mass is 227 g/mol. The number of carbonyl (C=O) groups excluding carboxylic acids is 1. The molecule has 16 heavy (non-hydrogen) atoms. The SMILES string of the molecule is O=Cc1cccc2c1ccn2CC(F)(F)F. The average Bonchev–Trinajstić information content (AvgIpc) is 2.59. The van der Waals surface area contributed by atoms with Crippen LogP contribution < -0.4 is 0 Å². The maximum atomic E-state index is 12.2. The number of nitrogens with zero attached hydrogens (tertiary/aromatic N) is 1. The number of benzene rings is 1. The number of hydrogen-bond donors (Lipinski definition) is 0. The van der Waals surface area contributed by atoms with Crippen molar-refractivity contribution in [3.05, 3.63) is 36.0 Å². The Kier molecular flexibility index (Phi) is 2.46. The summed E-state index contributed by atoms with van der Waals surface area (Å²) < 4.78 is 37.8. The highest BCUT2D eigenvalue weighted by atomic mass is 19.4. The molecular formula is C11H8F3NO. The van der Waals surface area contributed by atoms with Gasteiger partial charge in [-0.25, -0.2) is 0 Å². The zero-order chi connectivity index (χ0) is 11.8. The fourth-order valence-corrected chi connectivity index (χ4v) is 1.68. The lowest BCUT2D eigenvalue weighted by Crippen LogP contribution is -2.16. The lowest BCUT2D eigenvalue weighted by atomic mass is 10.1. The number of carbonyl (C=O) groups is 1. The maximum absolute atomic E-state index is 12.2. The predicted molar refractivity (Wildman–Crippen MR) is 53.4 cm³/mol. The predicted octanol–water partition coefficient (Wildman–Crippen LogP) is 3.02. The first kappa shape index (κ1) is 10.7. The minimum Gasteiger partial charge on any atom is -0.338 e. The summed E-state index contributed by atoms with van der Waals surface area (Å²) in [5, 5.41) is 0.543. The number of rotatable bonds is 2. The summed E-state index contributed by atoms with van der Waals surface area (Å²) in [6, 6.07) is 6.23. The van der Waals surface area contributed by atoms with Crippen LogP contribution in [0.4, 0.5) is 13.2 Å². The van der Waals surface area contributed by atoms with Gasteiger partial charge >= 0.3 is 6.18 Å². The molecule has 2 nitrogen and oxygen atoms in total. The molecule has 2 aromatic rings. The third kappa shape index (κ3) is 1.93. The second-order valence-corrected chi connectivity index (χ2v) is 3.46. The largest absolute Gasteiger partial charge is 0.406 e. The molecule has 5 heteroatoms. The summed E-state index contributed by atoms with van der Waals surface area (Å²) in [7, 11) is 0. The molecule has 0 amide bonds. The Labute approximate surface area is 89.3 Å². The molecule has 0 saturated carbocycles. The molecular weight excluding hydrogens is 219 g/mol. The van der Waals surface area contributed by atoms with Crippen molar-refractivity contribution in [3.8, 4) is 0 Å². The number of halogens is 3. The van der Waals surface area contributed by atoms with Crippen molar-refractivity contribution < 1.29 is 18.0 Å². The van der Waals surface area contributed by atoms with Gasteiger partial charge < -0.3 is 4.57 Å². The van der Waals surface area contributed by atoms with Gasteiger partial charge in [-0.2, -0.15) is 13.2 Å². The summed E-state index contributed by atoms with van der Waals surface area (Å²) >= 11 is 0. The average molecular weight is 227 g/mol. The topological polar surface area (TPSA) is 22.0 Å². The van der Waals surface area contributed by atoms with Crippen LogP contribution in [0.1, 0.15) is 10.4 Å². The molecule has 1 heterocycles. The van der Waals surface area contributed by atoms with E-state index in [1.54, 1.807) is 18.2 Å². The van der Waals surface area contributed by atoms with Gasteiger partial charge in [0.1, 0.15) is 6.54 Å². The van der Waals surface area contributed by atoms with Gasteiger partial charge in [0.05, 0.1) is 0 Å². The van der Waals surface area contributed by atoms with E-state index in [0.717, 1.165) is 4.57 Å². The van der Waals surface area contributed by atoms with Crippen LogP contribution in [0.25, 0.3) is 10.9 Å². The van der Waals surface area contributed by atoms with Crippen molar-refractivity contribution in [2.75, 3.05) is 0 Å². The van der Waals surface area contributed by atoms with Crippen LogP contribution in [0.3, 0.4) is 0 Å². The Hall–Kier alpha value is -1.78. The van der Waals surface area contributed by atoms with E-state index in [1.165, 1.54) is 12.3 Å². The molecule has 0 fully saturated rings. The minimum atomic E-state index is -4.26. The lowest BCUT2D eigenvalue weighted by molar-refractivity contribution is -0.139. The van der Waals surface area contributed by atoms with Crippen molar-refractivity contribution in [3.63, 3.8) is 0 Å². The van der Waals surface area contributed by atoms with E-state index >= 15 is 0 Å². The van der Waals surface area contributed by atoms with E-state index in [4.69, 9.17) is 0 Å². The van der Waals surface area contributed by atoms with E-state index in [-0.39, 0.29) is 0 Å². The zero-order valence-corrected chi connectivity index (χ0v) is 8.16. The number of fused-ring (bicyclic) bond motifs is 1.